The van der Waals surface area contributed by atoms with E-state index in [0.29, 0.717) is 6.61 Å². The molecule has 104 valence electrons. The Morgan fingerprint density at radius 2 is 2.47 bits per heavy atom. The topological polar surface area (TPSA) is 99.3 Å². The van der Waals surface area contributed by atoms with Crippen LogP contribution in [0.15, 0.2) is 6.20 Å². The molecule has 19 heavy (non-hydrogen) atoms. The molecule has 0 radical (unpaired) electrons. The number of hydrogen-bond acceptors (Lipinski definition) is 5. The maximum absolute atomic E-state index is 12.1. The third kappa shape index (κ3) is 2.73. The van der Waals surface area contributed by atoms with E-state index in [0.717, 1.165) is 19.0 Å². The van der Waals surface area contributed by atoms with Crippen LogP contribution in [-0.2, 0) is 11.8 Å². The second-order valence-electron chi connectivity index (χ2n) is 4.57. The molecular weight excluding hydrogens is 252 g/mol. The average Bonchev–Trinajstić information content (AvgIpc) is 2.96. The lowest BCUT2D eigenvalue weighted by Crippen LogP contribution is -2.41. The molecule has 2 heterocycles. The molecule has 1 aliphatic rings. The summed E-state index contributed by atoms with van der Waals surface area (Å²) in [7, 11) is 1.50. The van der Waals surface area contributed by atoms with Gasteiger partial charge in [-0.3, -0.25) is 19.6 Å². The second-order valence-corrected chi connectivity index (χ2v) is 4.57. The van der Waals surface area contributed by atoms with Gasteiger partial charge in [0.2, 0.25) is 5.69 Å². The number of ether oxygens (including phenoxy) is 1. The molecule has 1 fully saturated rings. The first kappa shape index (κ1) is 13.5. The van der Waals surface area contributed by atoms with E-state index in [-0.39, 0.29) is 23.5 Å². The van der Waals surface area contributed by atoms with E-state index >= 15 is 0 Å². The lowest BCUT2D eigenvalue weighted by molar-refractivity contribution is -0.385. The summed E-state index contributed by atoms with van der Waals surface area (Å²) in [5.41, 5.74) is -0.339. The fraction of sp³-hybridized carbons (Fsp3) is 0.636. The summed E-state index contributed by atoms with van der Waals surface area (Å²) in [4.78, 5) is 22.3. The van der Waals surface area contributed by atoms with E-state index in [1.54, 1.807) is 0 Å². The fourth-order valence-electron chi connectivity index (χ4n) is 2.19. The van der Waals surface area contributed by atoms with Crippen LogP contribution in [0.1, 0.15) is 30.3 Å². The van der Waals surface area contributed by atoms with E-state index < -0.39 is 10.8 Å². The predicted octanol–water partition coefficient (Wildman–Crippen LogP) is 0.626. The van der Waals surface area contributed by atoms with Crippen LogP contribution in [0.3, 0.4) is 0 Å². The van der Waals surface area contributed by atoms with Crippen LogP contribution in [-0.4, -0.2) is 39.4 Å². The number of nitrogens with zero attached hydrogens (tertiary/aromatic N) is 3. The monoisotopic (exact) mass is 268 g/mol. The smallest absolute Gasteiger partial charge is 0.320 e. The highest BCUT2D eigenvalue weighted by molar-refractivity contribution is 5.96. The Hall–Kier alpha value is -1.96. The third-order valence-electron chi connectivity index (χ3n) is 3.21. The number of aromatic nitrogens is 2. The summed E-state index contributed by atoms with van der Waals surface area (Å²) >= 11 is 0. The summed E-state index contributed by atoms with van der Waals surface area (Å²) < 4.78 is 6.67. The molecule has 1 saturated heterocycles. The van der Waals surface area contributed by atoms with Gasteiger partial charge in [0.15, 0.2) is 0 Å². The van der Waals surface area contributed by atoms with Crippen LogP contribution in [0.5, 0.6) is 0 Å². The molecule has 2 atom stereocenters. The molecule has 0 aromatic carbocycles. The van der Waals surface area contributed by atoms with Crippen molar-refractivity contribution in [3.63, 3.8) is 0 Å². The van der Waals surface area contributed by atoms with Crippen LogP contribution >= 0.6 is 0 Å². The van der Waals surface area contributed by atoms with Gasteiger partial charge >= 0.3 is 5.69 Å². The lowest BCUT2D eigenvalue weighted by Gasteiger charge is -2.19. The Bertz CT molecular complexity index is 493. The Morgan fingerprint density at radius 3 is 3.05 bits per heavy atom. The molecular formula is C11H16N4O4. The molecule has 0 bridgehead atoms. The van der Waals surface area contributed by atoms with Crippen LogP contribution in [0, 0.1) is 10.1 Å². The molecule has 0 aliphatic carbocycles. The SMILES string of the molecule is CC(NC(=O)c1c([N+](=O)[O-])cnn1C)C1CCCO1. The lowest BCUT2D eigenvalue weighted by atomic mass is 10.1. The average molecular weight is 268 g/mol. The maximum atomic E-state index is 12.1. The van der Waals surface area contributed by atoms with Crippen molar-refractivity contribution in [2.45, 2.75) is 31.9 Å². The van der Waals surface area contributed by atoms with Crippen molar-refractivity contribution in [1.82, 2.24) is 15.1 Å². The van der Waals surface area contributed by atoms with E-state index in [9.17, 15) is 14.9 Å². The second kappa shape index (κ2) is 5.35. The number of carbonyl (C=O) groups is 1. The van der Waals surface area contributed by atoms with Gasteiger partial charge in [0.05, 0.1) is 17.1 Å². The standard InChI is InChI=1S/C11H16N4O4/c1-7(9-4-3-5-19-9)13-11(16)10-8(15(17)18)6-12-14(10)2/h6-7,9H,3-5H2,1-2H3,(H,13,16). The van der Waals surface area contributed by atoms with Crippen LogP contribution in [0.25, 0.3) is 0 Å². The van der Waals surface area contributed by atoms with Gasteiger partial charge in [-0.15, -0.1) is 0 Å². The number of carbonyl (C=O) groups excluding carboxylic acids is 1. The third-order valence-corrected chi connectivity index (χ3v) is 3.21. The van der Waals surface area contributed by atoms with E-state index in [4.69, 9.17) is 4.74 Å². The van der Waals surface area contributed by atoms with Gasteiger partial charge in [-0.2, -0.15) is 5.10 Å². The molecule has 2 unspecified atom stereocenters. The van der Waals surface area contributed by atoms with Gasteiger partial charge in [-0.25, -0.2) is 0 Å². The highest BCUT2D eigenvalue weighted by Crippen LogP contribution is 2.19. The maximum Gasteiger partial charge on any atom is 0.320 e. The Morgan fingerprint density at radius 1 is 1.74 bits per heavy atom. The van der Waals surface area contributed by atoms with Gasteiger partial charge in [-0.05, 0) is 19.8 Å². The van der Waals surface area contributed by atoms with E-state index in [1.807, 2.05) is 6.92 Å². The van der Waals surface area contributed by atoms with Crippen molar-refractivity contribution >= 4 is 11.6 Å². The van der Waals surface area contributed by atoms with Crippen molar-refractivity contribution in [3.8, 4) is 0 Å². The van der Waals surface area contributed by atoms with Crippen molar-refractivity contribution < 1.29 is 14.5 Å². The van der Waals surface area contributed by atoms with Crippen LogP contribution < -0.4 is 5.32 Å². The zero-order chi connectivity index (χ0) is 14.0. The van der Waals surface area contributed by atoms with Crippen molar-refractivity contribution in [2.24, 2.45) is 7.05 Å². The molecule has 1 N–H and O–H groups in total. The quantitative estimate of drug-likeness (QED) is 0.637. The summed E-state index contributed by atoms with van der Waals surface area (Å²) in [5, 5.41) is 17.3. The molecule has 8 nitrogen and oxygen atoms in total. The number of amides is 1. The minimum absolute atomic E-state index is 0.0313. The summed E-state index contributed by atoms with van der Waals surface area (Å²) in [6, 6.07) is -0.190. The molecule has 0 saturated carbocycles. The van der Waals surface area contributed by atoms with Gasteiger partial charge in [0.1, 0.15) is 6.20 Å². The highest BCUT2D eigenvalue weighted by Gasteiger charge is 2.29. The molecule has 1 aromatic heterocycles. The van der Waals surface area contributed by atoms with Crippen LogP contribution in [0.4, 0.5) is 5.69 Å². The zero-order valence-corrected chi connectivity index (χ0v) is 10.8. The molecule has 1 aromatic rings. The number of nitro groups is 1. The largest absolute Gasteiger partial charge is 0.376 e. The summed E-state index contributed by atoms with van der Waals surface area (Å²) in [6.07, 6.45) is 2.90. The minimum atomic E-state index is -0.612. The van der Waals surface area contributed by atoms with Gasteiger partial charge < -0.3 is 10.1 Å². The number of hydrogen-bond donors (Lipinski definition) is 1. The van der Waals surface area contributed by atoms with Gasteiger partial charge in [0.25, 0.3) is 5.91 Å². The number of nitrogens with one attached hydrogen (secondary N) is 1. The van der Waals surface area contributed by atoms with Crippen molar-refractivity contribution in [3.05, 3.63) is 22.0 Å². The first-order valence-electron chi connectivity index (χ1n) is 6.09. The first-order valence-corrected chi connectivity index (χ1v) is 6.09. The molecule has 1 amide bonds. The zero-order valence-electron chi connectivity index (χ0n) is 10.8. The van der Waals surface area contributed by atoms with Crippen molar-refractivity contribution in [2.75, 3.05) is 6.61 Å². The normalized spacial score (nSPS) is 20.2. The summed E-state index contributed by atoms with van der Waals surface area (Å²) in [6.45, 7) is 2.52. The highest BCUT2D eigenvalue weighted by atomic mass is 16.6. The molecule has 0 spiro atoms. The first-order chi connectivity index (χ1) is 9.00. The number of aryl methyl sites for hydroxylation is 1. The van der Waals surface area contributed by atoms with E-state index in [2.05, 4.69) is 10.4 Å². The molecule has 8 heteroatoms. The number of rotatable bonds is 4. The van der Waals surface area contributed by atoms with Crippen molar-refractivity contribution in [1.29, 1.82) is 0 Å². The van der Waals surface area contributed by atoms with Crippen LogP contribution in [0.2, 0.25) is 0 Å². The Balaban J connectivity index is 2.11. The van der Waals surface area contributed by atoms with Gasteiger partial charge in [0, 0.05) is 13.7 Å². The Kier molecular flexibility index (Phi) is 3.79. The fourth-order valence-corrected chi connectivity index (χ4v) is 2.19. The Labute approximate surface area is 109 Å². The molecule has 2 rings (SSSR count). The van der Waals surface area contributed by atoms with Gasteiger partial charge in [-0.1, -0.05) is 0 Å². The predicted molar refractivity (Wildman–Crippen MR) is 65.8 cm³/mol. The van der Waals surface area contributed by atoms with E-state index in [1.165, 1.54) is 11.7 Å². The summed E-state index contributed by atoms with van der Waals surface area (Å²) in [5.74, 6) is -0.505. The molecule has 1 aliphatic heterocycles. The minimum Gasteiger partial charge on any atom is -0.376 e.